The highest BCUT2D eigenvalue weighted by molar-refractivity contribution is 7.88. The van der Waals surface area contributed by atoms with Gasteiger partial charge in [0.15, 0.2) is 0 Å². The summed E-state index contributed by atoms with van der Waals surface area (Å²) in [6.07, 6.45) is 8.28. The molecule has 0 atom stereocenters. The second kappa shape index (κ2) is 10.2. The van der Waals surface area contributed by atoms with Crippen molar-refractivity contribution in [1.29, 1.82) is 0 Å². The van der Waals surface area contributed by atoms with Crippen molar-refractivity contribution in [3.8, 4) is 0 Å². The van der Waals surface area contributed by atoms with Crippen LogP contribution in [-0.4, -0.2) is 60.3 Å². The molecule has 3 heterocycles. The Labute approximate surface area is 185 Å². The van der Waals surface area contributed by atoms with E-state index in [2.05, 4.69) is 0 Å². The maximum absolute atomic E-state index is 12.8. The summed E-state index contributed by atoms with van der Waals surface area (Å²) < 4.78 is 32.0. The molecule has 2 aliphatic heterocycles. The lowest BCUT2D eigenvalue weighted by Gasteiger charge is -2.31. The number of aryl methyl sites for hydroxylation is 1. The molecule has 0 spiro atoms. The van der Waals surface area contributed by atoms with Gasteiger partial charge in [-0.25, -0.2) is 13.2 Å². The van der Waals surface area contributed by atoms with Gasteiger partial charge in [0.05, 0.1) is 12.4 Å². The number of unbranched alkanes of at least 4 members (excludes halogenated alkanes) is 1. The lowest BCUT2D eigenvalue weighted by molar-refractivity contribution is 0.0646. The molecule has 0 N–H and O–H groups in total. The summed E-state index contributed by atoms with van der Waals surface area (Å²) >= 11 is 0. The number of piperidine rings is 1. The molecule has 1 aromatic rings. The van der Waals surface area contributed by atoms with Gasteiger partial charge in [0.2, 0.25) is 10.0 Å². The molecular weight excluding hydrogens is 418 g/mol. The zero-order chi connectivity index (χ0) is 22.6. The highest BCUT2D eigenvalue weighted by Gasteiger charge is 2.26. The SMILES string of the molecule is CC(C)OC(=O)N1CCC(CCCCn2ccc3c(c2=O)CCN(S(C)(=O)=O)C3)CC1. The fourth-order valence-electron chi connectivity index (χ4n) is 4.43. The molecule has 1 amide bonds. The minimum Gasteiger partial charge on any atom is -0.447 e. The minimum atomic E-state index is -3.24. The van der Waals surface area contributed by atoms with Crippen LogP contribution < -0.4 is 5.56 Å². The molecule has 9 heteroatoms. The Hall–Kier alpha value is -1.87. The molecule has 0 aliphatic carbocycles. The number of fused-ring (bicyclic) bond motifs is 1. The average Bonchev–Trinajstić information content (AvgIpc) is 2.71. The zero-order valence-corrected chi connectivity index (χ0v) is 19.7. The van der Waals surface area contributed by atoms with Gasteiger partial charge in [-0.15, -0.1) is 0 Å². The van der Waals surface area contributed by atoms with Gasteiger partial charge in [-0.2, -0.15) is 4.31 Å². The van der Waals surface area contributed by atoms with E-state index in [4.69, 9.17) is 4.74 Å². The van der Waals surface area contributed by atoms with Gasteiger partial charge >= 0.3 is 6.09 Å². The smallest absolute Gasteiger partial charge is 0.410 e. The normalized spacial score (nSPS) is 18.3. The first-order valence-corrected chi connectivity index (χ1v) is 13.1. The van der Waals surface area contributed by atoms with Crippen molar-refractivity contribution in [2.24, 2.45) is 5.92 Å². The summed E-state index contributed by atoms with van der Waals surface area (Å²) in [6, 6.07) is 1.89. The maximum atomic E-state index is 12.8. The number of carbonyl (C=O) groups excluding carboxylic acids is 1. The molecule has 2 aliphatic rings. The number of nitrogens with zero attached hydrogens (tertiary/aromatic N) is 3. The van der Waals surface area contributed by atoms with Crippen LogP contribution in [0.15, 0.2) is 17.1 Å². The highest BCUT2D eigenvalue weighted by Crippen LogP contribution is 2.23. The molecular formula is C22H35N3O5S. The predicted octanol–water partition coefficient (Wildman–Crippen LogP) is 2.59. The molecule has 174 valence electrons. The van der Waals surface area contributed by atoms with E-state index < -0.39 is 10.0 Å². The van der Waals surface area contributed by atoms with E-state index in [1.165, 1.54) is 10.6 Å². The summed E-state index contributed by atoms with van der Waals surface area (Å²) in [5, 5.41) is 0. The first-order chi connectivity index (χ1) is 14.6. The van der Waals surface area contributed by atoms with Crippen LogP contribution in [-0.2, 0) is 34.3 Å². The summed E-state index contributed by atoms with van der Waals surface area (Å²) in [4.78, 5) is 26.6. The molecule has 8 nitrogen and oxygen atoms in total. The number of hydrogen-bond donors (Lipinski definition) is 0. The van der Waals surface area contributed by atoms with Crippen LogP contribution in [0.5, 0.6) is 0 Å². The molecule has 0 unspecified atom stereocenters. The Morgan fingerprint density at radius 3 is 2.55 bits per heavy atom. The molecule has 0 saturated carbocycles. The van der Waals surface area contributed by atoms with Crippen LogP contribution in [0, 0.1) is 5.92 Å². The van der Waals surface area contributed by atoms with Gasteiger partial charge in [-0.05, 0) is 57.1 Å². The maximum Gasteiger partial charge on any atom is 0.410 e. The fourth-order valence-corrected chi connectivity index (χ4v) is 5.23. The predicted molar refractivity (Wildman–Crippen MR) is 119 cm³/mol. The Morgan fingerprint density at radius 1 is 1.19 bits per heavy atom. The number of hydrogen-bond acceptors (Lipinski definition) is 5. The molecule has 1 aromatic heterocycles. The van der Waals surface area contributed by atoms with Gasteiger partial charge in [0.1, 0.15) is 0 Å². The third-order valence-electron chi connectivity index (χ3n) is 6.26. The van der Waals surface area contributed by atoms with E-state index in [-0.39, 0.29) is 24.3 Å². The topological polar surface area (TPSA) is 88.9 Å². The molecule has 3 rings (SSSR count). The van der Waals surface area contributed by atoms with E-state index in [1.807, 2.05) is 19.9 Å². The summed E-state index contributed by atoms with van der Waals surface area (Å²) in [5.74, 6) is 0.616. The number of rotatable bonds is 7. The van der Waals surface area contributed by atoms with Gasteiger partial charge in [0, 0.05) is 44.5 Å². The second-order valence-corrected chi connectivity index (χ2v) is 11.0. The number of likely N-dealkylation sites (tertiary alicyclic amines) is 1. The van der Waals surface area contributed by atoms with Crippen LogP contribution in [0.2, 0.25) is 0 Å². The lowest BCUT2D eigenvalue weighted by atomic mass is 9.92. The molecule has 0 bridgehead atoms. The molecule has 0 aromatic carbocycles. The van der Waals surface area contributed by atoms with E-state index in [0.717, 1.165) is 56.3 Å². The third kappa shape index (κ3) is 6.32. The van der Waals surface area contributed by atoms with Crippen LogP contribution in [0.3, 0.4) is 0 Å². The summed E-state index contributed by atoms with van der Waals surface area (Å²) in [7, 11) is -3.24. The first kappa shape index (κ1) is 23.8. The van der Waals surface area contributed by atoms with E-state index in [0.29, 0.717) is 25.4 Å². The molecule has 1 saturated heterocycles. The average molecular weight is 454 g/mol. The minimum absolute atomic E-state index is 0.0163. The van der Waals surface area contributed by atoms with Crippen molar-refractivity contribution >= 4 is 16.1 Å². The Kier molecular flexibility index (Phi) is 7.80. The third-order valence-corrected chi connectivity index (χ3v) is 7.51. The first-order valence-electron chi connectivity index (χ1n) is 11.3. The highest BCUT2D eigenvalue weighted by atomic mass is 32.2. The monoisotopic (exact) mass is 453 g/mol. The Balaban J connectivity index is 1.43. The van der Waals surface area contributed by atoms with E-state index in [9.17, 15) is 18.0 Å². The van der Waals surface area contributed by atoms with Crippen molar-refractivity contribution in [2.75, 3.05) is 25.9 Å². The molecule has 31 heavy (non-hydrogen) atoms. The molecule has 1 fully saturated rings. The van der Waals surface area contributed by atoms with Crippen molar-refractivity contribution in [3.63, 3.8) is 0 Å². The quantitative estimate of drug-likeness (QED) is 0.592. The zero-order valence-electron chi connectivity index (χ0n) is 18.9. The van der Waals surface area contributed by atoms with Crippen LogP contribution in [0.4, 0.5) is 4.79 Å². The number of aromatic nitrogens is 1. The number of amides is 1. The molecule has 0 radical (unpaired) electrons. The van der Waals surface area contributed by atoms with Gasteiger partial charge in [-0.1, -0.05) is 12.8 Å². The lowest BCUT2D eigenvalue weighted by Crippen LogP contribution is -2.39. The number of sulfonamides is 1. The van der Waals surface area contributed by atoms with Crippen molar-refractivity contribution < 1.29 is 17.9 Å². The van der Waals surface area contributed by atoms with Gasteiger partial charge in [0.25, 0.3) is 5.56 Å². The number of carbonyl (C=O) groups is 1. The van der Waals surface area contributed by atoms with Crippen molar-refractivity contribution in [3.05, 3.63) is 33.7 Å². The second-order valence-electron chi connectivity index (χ2n) is 9.02. The van der Waals surface area contributed by atoms with Crippen molar-refractivity contribution in [1.82, 2.24) is 13.8 Å². The van der Waals surface area contributed by atoms with E-state index >= 15 is 0 Å². The Bertz CT molecular complexity index is 933. The van der Waals surface area contributed by atoms with Crippen LogP contribution in [0.25, 0.3) is 0 Å². The van der Waals surface area contributed by atoms with Gasteiger partial charge in [-0.3, -0.25) is 4.79 Å². The number of ether oxygens (including phenoxy) is 1. The van der Waals surface area contributed by atoms with Crippen LogP contribution >= 0.6 is 0 Å². The largest absolute Gasteiger partial charge is 0.447 e. The summed E-state index contributed by atoms with van der Waals surface area (Å²) in [6.45, 7) is 6.57. The standard InChI is InChI=1S/C22H35N3O5S/c1-17(2)30-22(27)24-12-7-18(8-13-24)6-4-5-11-23-14-9-19-16-25(31(3,28)29)15-10-20(19)21(23)26/h9,14,17-18H,4-8,10-13,15-16H2,1-3H3. The fraction of sp³-hybridized carbons (Fsp3) is 0.727. The Morgan fingerprint density at radius 2 is 1.90 bits per heavy atom. The number of pyridine rings is 1. The van der Waals surface area contributed by atoms with E-state index in [1.54, 1.807) is 15.7 Å². The van der Waals surface area contributed by atoms with Crippen molar-refractivity contribution in [2.45, 2.75) is 71.6 Å². The van der Waals surface area contributed by atoms with Gasteiger partial charge < -0.3 is 14.2 Å². The summed E-state index contributed by atoms with van der Waals surface area (Å²) in [5.41, 5.74) is 1.59. The van der Waals surface area contributed by atoms with Crippen LogP contribution in [0.1, 0.15) is 57.1 Å².